The van der Waals surface area contributed by atoms with Crippen molar-refractivity contribution in [2.45, 2.75) is 19.8 Å². The highest BCUT2D eigenvalue weighted by molar-refractivity contribution is 5.83. The van der Waals surface area contributed by atoms with E-state index in [9.17, 15) is 4.79 Å². The number of aromatic nitrogens is 1. The molecule has 0 aliphatic carbocycles. The smallest absolute Gasteiger partial charge is 0.314 e. The number of carbonyl (C=O) groups is 1. The van der Waals surface area contributed by atoms with Crippen molar-refractivity contribution in [3.63, 3.8) is 0 Å². The third-order valence-corrected chi connectivity index (χ3v) is 4.25. The Bertz CT molecular complexity index is 840. The first-order valence-electron chi connectivity index (χ1n) is 8.98. The van der Waals surface area contributed by atoms with Gasteiger partial charge < -0.3 is 20.4 Å². The Morgan fingerprint density at radius 2 is 1.81 bits per heavy atom. The van der Waals surface area contributed by atoms with E-state index in [2.05, 4.69) is 27.8 Å². The lowest BCUT2D eigenvalue weighted by atomic mass is 10.1. The van der Waals surface area contributed by atoms with Gasteiger partial charge in [0.2, 0.25) is 0 Å². The van der Waals surface area contributed by atoms with Crippen molar-refractivity contribution in [3.05, 3.63) is 65.9 Å². The number of carbonyl (C=O) groups excluding carboxylic acids is 1. The van der Waals surface area contributed by atoms with Crippen LogP contribution in [-0.4, -0.2) is 30.7 Å². The maximum absolute atomic E-state index is 11.8. The topological polar surface area (TPSA) is 66.2 Å². The Labute approximate surface area is 153 Å². The number of rotatable bonds is 8. The zero-order valence-corrected chi connectivity index (χ0v) is 15.0. The largest absolute Gasteiger partial charge is 0.494 e. The summed E-state index contributed by atoms with van der Waals surface area (Å²) in [7, 11) is 0. The molecule has 0 unspecified atom stereocenters. The van der Waals surface area contributed by atoms with Gasteiger partial charge >= 0.3 is 6.03 Å². The predicted octanol–water partition coefficient (Wildman–Crippen LogP) is 3.79. The third-order valence-electron chi connectivity index (χ3n) is 4.25. The van der Waals surface area contributed by atoms with Crippen LogP contribution >= 0.6 is 0 Å². The SMILES string of the molecule is Cc1ccc(OCCCNC(=O)NCCc2c[nH]c3ccccc23)cc1. The molecule has 3 aromatic rings. The maximum Gasteiger partial charge on any atom is 0.314 e. The molecule has 3 rings (SSSR count). The first kappa shape index (κ1) is 17.9. The molecule has 2 amide bonds. The Morgan fingerprint density at radius 1 is 1.04 bits per heavy atom. The molecule has 3 N–H and O–H groups in total. The van der Waals surface area contributed by atoms with Crippen molar-refractivity contribution >= 4 is 16.9 Å². The molecule has 0 radical (unpaired) electrons. The number of nitrogens with one attached hydrogen (secondary N) is 3. The van der Waals surface area contributed by atoms with Crippen LogP contribution in [0.1, 0.15) is 17.5 Å². The van der Waals surface area contributed by atoms with E-state index in [0.29, 0.717) is 19.7 Å². The van der Waals surface area contributed by atoms with Gasteiger partial charge in [0, 0.05) is 30.2 Å². The average molecular weight is 351 g/mol. The first-order chi connectivity index (χ1) is 12.7. The quantitative estimate of drug-likeness (QED) is 0.541. The monoisotopic (exact) mass is 351 g/mol. The predicted molar refractivity (Wildman–Crippen MR) is 105 cm³/mol. The van der Waals surface area contributed by atoms with E-state index in [0.717, 1.165) is 24.1 Å². The highest BCUT2D eigenvalue weighted by Gasteiger charge is 2.04. The van der Waals surface area contributed by atoms with Gasteiger partial charge in [-0.3, -0.25) is 0 Å². The van der Waals surface area contributed by atoms with Crippen molar-refractivity contribution in [2.24, 2.45) is 0 Å². The second kappa shape index (κ2) is 8.94. The summed E-state index contributed by atoms with van der Waals surface area (Å²) in [5.74, 6) is 0.860. The van der Waals surface area contributed by atoms with Crippen LogP contribution in [0.2, 0.25) is 0 Å². The van der Waals surface area contributed by atoms with Gasteiger partial charge in [-0.15, -0.1) is 0 Å². The molecule has 2 aromatic carbocycles. The van der Waals surface area contributed by atoms with Crippen molar-refractivity contribution in [2.75, 3.05) is 19.7 Å². The van der Waals surface area contributed by atoms with Crippen molar-refractivity contribution < 1.29 is 9.53 Å². The molecule has 26 heavy (non-hydrogen) atoms. The summed E-state index contributed by atoms with van der Waals surface area (Å²) in [6.45, 7) is 3.82. The second-order valence-electron chi connectivity index (χ2n) is 6.31. The summed E-state index contributed by atoms with van der Waals surface area (Å²) in [5.41, 5.74) is 3.55. The van der Waals surface area contributed by atoms with Gasteiger partial charge in [-0.05, 0) is 43.5 Å². The minimum Gasteiger partial charge on any atom is -0.494 e. The van der Waals surface area contributed by atoms with Gasteiger partial charge in [-0.2, -0.15) is 0 Å². The fourth-order valence-corrected chi connectivity index (χ4v) is 2.81. The molecule has 0 bridgehead atoms. The van der Waals surface area contributed by atoms with Gasteiger partial charge in [-0.25, -0.2) is 4.79 Å². The van der Waals surface area contributed by atoms with Gasteiger partial charge in [0.1, 0.15) is 5.75 Å². The van der Waals surface area contributed by atoms with Crippen LogP contribution in [0.15, 0.2) is 54.7 Å². The number of aromatic amines is 1. The lowest BCUT2D eigenvalue weighted by Crippen LogP contribution is -2.37. The maximum atomic E-state index is 11.8. The minimum atomic E-state index is -0.139. The highest BCUT2D eigenvalue weighted by atomic mass is 16.5. The number of aryl methyl sites for hydroxylation is 1. The van der Waals surface area contributed by atoms with E-state index < -0.39 is 0 Å². The summed E-state index contributed by atoms with van der Waals surface area (Å²) in [6.07, 6.45) is 3.57. The zero-order chi connectivity index (χ0) is 18.2. The number of hydrogen-bond acceptors (Lipinski definition) is 2. The Kier molecular flexibility index (Phi) is 6.14. The summed E-state index contributed by atoms with van der Waals surface area (Å²) < 4.78 is 5.64. The van der Waals surface area contributed by atoms with Gasteiger partial charge in [-0.1, -0.05) is 35.9 Å². The normalized spacial score (nSPS) is 10.7. The van der Waals surface area contributed by atoms with E-state index in [1.807, 2.05) is 49.5 Å². The molecule has 1 heterocycles. The summed E-state index contributed by atoms with van der Waals surface area (Å²) in [6, 6.07) is 16.0. The highest BCUT2D eigenvalue weighted by Crippen LogP contribution is 2.17. The van der Waals surface area contributed by atoms with Crippen molar-refractivity contribution in [1.82, 2.24) is 15.6 Å². The zero-order valence-electron chi connectivity index (χ0n) is 15.0. The molecule has 0 fully saturated rings. The lowest BCUT2D eigenvalue weighted by molar-refractivity contribution is 0.239. The van der Waals surface area contributed by atoms with Crippen LogP contribution in [0.5, 0.6) is 5.75 Å². The van der Waals surface area contributed by atoms with Crippen molar-refractivity contribution in [3.8, 4) is 5.75 Å². The number of benzene rings is 2. The van der Waals surface area contributed by atoms with Crippen LogP contribution < -0.4 is 15.4 Å². The fourth-order valence-electron chi connectivity index (χ4n) is 2.81. The van der Waals surface area contributed by atoms with Crippen LogP contribution in [-0.2, 0) is 6.42 Å². The number of H-pyrrole nitrogens is 1. The number of ether oxygens (including phenoxy) is 1. The fraction of sp³-hybridized carbons (Fsp3) is 0.286. The first-order valence-corrected chi connectivity index (χ1v) is 8.98. The van der Waals surface area contributed by atoms with Gasteiger partial charge in [0.25, 0.3) is 0 Å². The molecule has 136 valence electrons. The molecule has 1 aromatic heterocycles. The summed E-state index contributed by atoms with van der Waals surface area (Å²) in [4.78, 5) is 15.1. The van der Waals surface area contributed by atoms with Gasteiger partial charge in [0.15, 0.2) is 0 Å². The molecule has 5 heteroatoms. The molecular formula is C21H25N3O2. The Morgan fingerprint density at radius 3 is 2.65 bits per heavy atom. The summed E-state index contributed by atoms with van der Waals surface area (Å²) in [5, 5.41) is 6.96. The Balaban J connectivity index is 1.29. The molecule has 0 saturated carbocycles. The molecule has 0 aliphatic heterocycles. The number of amides is 2. The van der Waals surface area contributed by atoms with Crippen molar-refractivity contribution in [1.29, 1.82) is 0 Å². The summed E-state index contributed by atoms with van der Waals surface area (Å²) >= 11 is 0. The number of hydrogen-bond donors (Lipinski definition) is 3. The Hall–Kier alpha value is -2.95. The third kappa shape index (κ3) is 5.02. The number of para-hydroxylation sites is 1. The van der Waals surface area contributed by atoms with Crippen LogP contribution in [0.3, 0.4) is 0 Å². The van der Waals surface area contributed by atoms with Crippen LogP contribution in [0, 0.1) is 6.92 Å². The van der Waals surface area contributed by atoms with E-state index in [1.54, 1.807) is 0 Å². The van der Waals surface area contributed by atoms with Crippen LogP contribution in [0.4, 0.5) is 4.79 Å². The molecular weight excluding hydrogens is 326 g/mol. The van der Waals surface area contributed by atoms with Gasteiger partial charge in [0.05, 0.1) is 6.61 Å². The lowest BCUT2D eigenvalue weighted by Gasteiger charge is -2.09. The van der Waals surface area contributed by atoms with E-state index >= 15 is 0 Å². The molecule has 5 nitrogen and oxygen atoms in total. The molecule has 0 atom stereocenters. The molecule has 0 aliphatic rings. The number of fused-ring (bicyclic) bond motifs is 1. The second-order valence-corrected chi connectivity index (χ2v) is 6.31. The average Bonchev–Trinajstić information content (AvgIpc) is 3.06. The van der Waals surface area contributed by atoms with E-state index in [4.69, 9.17) is 4.74 Å². The van der Waals surface area contributed by atoms with E-state index in [1.165, 1.54) is 16.5 Å². The van der Waals surface area contributed by atoms with E-state index in [-0.39, 0.29) is 6.03 Å². The van der Waals surface area contributed by atoms with Crippen LogP contribution in [0.25, 0.3) is 10.9 Å². The molecule has 0 spiro atoms. The molecule has 0 saturated heterocycles. The number of urea groups is 1. The minimum absolute atomic E-state index is 0.139. The standard InChI is InChI=1S/C21H25N3O2/c1-16-7-9-18(10-8-16)26-14-4-12-22-21(25)23-13-11-17-15-24-20-6-3-2-5-19(17)20/h2-3,5-10,15,24H,4,11-14H2,1H3,(H2,22,23,25).